The highest BCUT2D eigenvalue weighted by Crippen LogP contribution is 2.31. The Kier molecular flexibility index (Phi) is 5.66. The molecule has 1 saturated heterocycles. The summed E-state index contributed by atoms with van der Waals surface area (Å²) in [6, 6.07) is 16.4. The van der Waals surface area contributed by atoms with Gasteiger partial charge in [-0.1, -0.05) is 53.6 Å². The summed E-state index contributed by atoms with van der Waals surface area (Å²) in [5.41, 5.74) is 5.77. The molecule has 1 aromatic heterocycles. The lowest BCUT2D eigenvalue weighted by Gasteiger charge is -2.33. The van der Waals surface area contributed by atoms with Gasteiger partial charge in [-0.05, 0) is 69.0 Å². The Morgan fingerprint density at radius 2 is 1.72 bits per heavy atom. The first kappa shape index (κ1) is 20.0. The number of likely N-dealkylation sites (tertiary alicyclic amines) is 1. The Labute approximate surface area is 177 Å². The average molecular weight is 410 g/mol. The van der Waals surface area contributed by atoms with Crippen LogP contribution in [0.4, 0.5) is 0 Å². The maximum Gasteiger partial charge on any atom is 0.290 e. The molecule has 2 heterocycles. The van der Waals surface area contributed by atoms with E-state index in [0.29, 0.717) is 17.5 Å². The van der Waals surface area contributed by atoms with Crippen LogP contribution in [0.15, 0.2) is 53.3 Å². The van der Waals surface area contributed by atoms with Crippen LogP contribution in [-0.4, -0.2) is 27.4 Å². The summed E-state index contributed by atoms with van der Waals surface area (Å²) < 4.78 is 3.55. The predicted octanol–water partition coefficient (Wildman–Crippen LogP) is 4.83. The summed E-state index contributed by atoms with van der Waals surface area (Å²) in [6.07, 6.45) is 2.27. The molecule has 4 nitrogen and oxygen atoms in total. The molecule has 5 heteroatoms. The molecule has 0 saturated carbocycles. The van der Waals surface area contributed by atoms with E-state index in [1.807, 2.05) is 42.1 Å². The molecule has 0 atom stereocenters. The minimum Gasteiger partial charge on any atom is -0.297 e. The molecular weight excluding hydrogens is 382 g/mol. The van der Waals surface area contributed by atoms with Crippen LogP contribution < -0.4 is 5.56 Å². The molecule has 1 aliphatic heterocycles. The van der Waals surface area contributed by atoms with Gasteiger partial charge < -0.3 is 0 Å². The fraction of sp³-hybridized carbons (Fsp3) is 0.375. The number of benzene rings is 2. The molecule has 0 aliphatic carbocycles. The van der Waals surface area contributed by atoms with Gasteiger partial charge in [-0.25, -0.2) is 4.68 Å². The molecule has 0 N–H and O–H groups in total. The fourth-order valence-corrected chi connectivity index (χ4v) is 4.72. The number of rotatable bonds is 4. The van der Waals surface area contributed by atoms with Gasteiger partial charge in [-0.3, -0.25) is 14.4 Å². The van der Waals surface area contributed by atoms with Gasteiger partial charge in [0.2, 0.25) is 0 Å². The first-order valence-corrected chi connectivity index (χ1v) is 10.6. The zero-order valence-corrected chi connectivity index (χ0v) is 18.1. The smallest absolute Gasteiger partial charge is 0.290 e. The molecule has 0 radical (unpaired) electrons. The zero-order valence-electron chi connectivity index (χ0n) is 17.4. The van der Waals surface area contributed by atoms with E-state index in [1.165, 1.54) is 16.7 Å². The third kappa shape index (κ3) is 3.92. The monoisotopic (exact) mass is 409 g/mol. The standard InChI is InChI=1S/C24H28ClN3O/c1-17-9-10-18(2)21(15-17)19-11-13-27(14-12-19)16-22-23(25)24(29)28(26(22)3)20-7-5-4-6-8-20/h4-10,15,19H,11-14,16H2,1-3H3. The van der Waals surface area contributed by atoms with Crippen molar-refractivity contribution in [1.29, 1.82) is 0 Å². The Morgan fingerprint density at radius 1 is 1.03 bits per heavy atom. The van der Waals surface area contributed by atoms with E-state index in [-0.39, 0.29) is 5.56 Å². The highest BCUT2D eigenvalue weighted by molar-refractivity contribution is 6.31. The van der Waals surface area contributed by atoms with Crippen molar-refractivity contribution in [2.24, 2.45) is 7.05 Å². The third-order valence-corrected chi connectivity index (χ3v) is 6.54. The number of para-hydroxylation sites is 1. The second-order valence-electron chi connectivity index (χ2n) is 8.15. The number of halogens is 1. The van der Waals surface area contributed by atoms with Gasteiger partial charge in [0.05, 0.1) is 11.4 Å². The molecule has 0 spiro atoms. The molecule has 152 valence electrons. The van der Waals surface area contributed by atoms with Crippen LogP contribution in [0.2, 0.25) is 5.02 Å². The summed E-state index contributed by atoms with van der Waals surface area (Å²) in [5.74, 6) is 0.611. The normalized spacial score (nSPS) is 15.7. The number of hydrogen-bond donors (Lipinski definition) is 0. The molecule has 0 unspecified atom stereocenters. The summed E-state index contributed by atoms with van der Waals surface area (Å²) in [7, 11) is 1.92. The van der Waals surface area contributed by atoms with Gasteiger partial charge in [-0.2, -0.15) is 0 Å². The largest absolute Gasteiger partial charge is 0.297 e. The van der Waals surface area contributed by atoms with Crippen LogP contribution in [0.5, 0.6) is 0 Å². The third-order valence-electron chi connectivity index (χ3n) is 6.16. The Bertz CT molecular complexity index is 1060. The Hall–Kier alpha value is -2.30. The van der Waals surface area contributed by atoms with E-state index in [2.05, 4.69) is 36.9 Å². The van der Waals surface area contributed by atoms with Crippen LogP contribution >= 0.6 is 11.6 Å². The Balaban J connectivity index is 1.50. The predicted molar refractivity (Wildman–Crippen MR) is 119 cm³/mol. The average Bonchev–Trinajstić information content (AvgIpc) is 2.94. The van der Waals surface area contributed by atoms with E-state index in [1.54, 1.807) is 4.68 Å². The minimum absolute atomic E-state index is 0.152. The highest BCUT2D eigenvalue weighted by Gasteiger charge is 2.25. The number of hydrogen-bond acceptors (Lipinski definition) is 2. The topological polar surface area (TPSA) is 30.2 Å². The zero-order chi connectivity index (χ0) is 20.5. The lowest BCUT2D eigenvalue weighted by Crippen LogP contribution is -2.33. The summed E-state index contributed by atoms with van der Waals surface area (Å²) in [6.45, 7) is 7.10. The summed E-state index contributed by atoms with van der Waals surface area (Å²) in [4.78, 5) is 15.2. The minimum atomic E-state index is -0.152. The maximum atomic E-state index is 12.8. The van der Waals surface area contributed by atoms with Crippen molar-refractivity contribution in [3.05, 3.63) is 86.3 Å². The number of aryl methyl sites for hydroxylation is 2. The van der Waals surface area contributed by atoms with Crippen molar-refractivity contribution in [2.45, 2.75) is 39.2 Å². The Morgan fingerprint density at radius 3 is 2.41 bits per heavy atom. The van der Waals surface area contributed by atoms with Crippen molar-refractivity contribution >= 4 is 11.6 Å². The van der Waals surface area contributed by atoms with Crippen molar-refractivity contribution in [2.75, 3.05) is 13.1 Å². The van der Waals surface area contributed by atoms with Crippen LogP contribution in [0.1, 0.15) is 41.1 Å². The highest BCUT2D eigenvalue weighted by atomic mass is 35.5. The summed E-state index contributed by atoms with van der Waals surface area (Å²) >= 11 is 6.47. The lowest BCUT2D eigenvalue weighted by molar-refractivity contribution is 0.199. The first-order valence-electron chi connectivity index (χ1n) is 10.3. The lowest BCUT2D eigenvalue weighted by atomic mass is 9.86. The van der Waals surface area contributed by atoms with Crippen molar-refractivity contribution in [3.63, 3.8) is 0 Å². The fourth-order valence-electron chi connectivity index (χ4n) is 4.46. The van der Waals surface area contributed by atoms with E-state index < -0.39 is 0 Å². The van der Waals surface area contributed by atoms with E-state index in [0.717, 1.165) is 37.3 Å². The van der Waals surface area contributed by atoms with Crippen LogP contribution in [0.25, 0.3) is 5.69 Å². The summed E-state index contributed by atoms with van der Waals surface area (Å²) in [5, 5.41) is 0.327. The van der Waals surface area contributed by atoms with Crippen LogP contribution in [-0.2, 0) is 13.6 Å². The van der Waals surface area contributed by atoms with Gasteiger partial charge in [0.25, 0.3) is 5.56 Å². The molecule has 0 amide bonds. The van der Waals surface area contributed by atoms with E-state index in [9.17, 15) is 4.79 Å². The van der Waals surface area contributed by atoms with E-state index >= 15 is 0 Å². The SMILES string of the molecule is Cc1ccc(C)c(C2CCN(Cc3c(Cl)c(=O)n(-c4ccccc4)n3C)CC2)c1. The van der Waals surface area contributed by atoms with E-state index in [4.69, 9.17) is 11.6 Å². The number of nitrogens with zero attached hydrogens (tertiary/aromatic N) is 3. The number of aromatic nitrogens is 2. The van der Waals surface area contributed by atoms with Crippen LogP contribution in [0.3, 0.4) is 0 Å². The second kappa shape index (κ2) is 8.21. The molecule has 3 aromatic rings. The molecule has 2 aromatic carbocycles. The second-order valence-corrected chi connectivity index (χ2v) is 8.53. The van der Waals surface area contributed by atoms with Crippen molar-refractivity contribution < 1.29 is 0 Å². The van der Waals surface area contributed by atoms with Gasteiger partial charge in [0, 0.05) is 13.6 Å². The molecule has 29 heavy (non-hydrogen) atoms. The molecule has 4 rings (SSSR count). The molecule has 1 fully saturated rings. The van der Waals surface area contributed by atoms with Gasteiger partial charge in [0.15, 0.2) is 0 Å². The quantitative estimate of drug-likeness (QED) is 0.618. The van der Waals surface area contributed by atoms with Gasteiger partial charge in [-0.15, -0.1) is 0 Å². The maximum absolute atomic E-state index is 12.8. The van der Waals surface area contributed by atoms with Gasteiger partial charge in [0.1, 0.15) is 5.02 Å². The van der Waals surface area contributed by atoms with Crippen LogP contribution in [0, 0.1) is 13.8 Å². The molecular formula is C24H28ClN3O. The van der Waals surface area contributed by atoms with Crippen molar-refractivity contribution in [3.8, 4) is 5.69 Å². The molecule has 1 aliphatic rings. The number of piperidine rings is 1. The van der Waals surface area contributed by atoms with Crippen molar-refractivity contribution in [1.82, 2.24) is 14.3 Å². The van der Waals surface area contributed by atoms with Gasteiger partial charge >= 0.3 is 0 Å². The first-order chi connectivity index (χ1) is 14.0. The molecule has 0 bridgehead atoms.